The van der Waals surface area contributed by atoms with Gasteiger partial charge in [-0.05, 0) is 92.3 Å². The molecule has 1 saturated carbocycles. The predicted octanol–water partition coefficient (Wildman–Crippen LogP) is 6.61. The van der Waals surface area contributed by atoms with Crippen LogP contribution in [0.4, 0.5) is 0 Å². The number of hydrogen-bond donors (Lipinski definition) is 0. The highest BCUT2D eigenvalue weighted by atomic mass is 35.5. The molecule has 0 bridgehead atoms. The average Bonchev–Trinajstić information content (AvgIpc) is 2.77. The minimum atomic E-state index is -1.15. The number of rotatable bonds is 7. The molecule has 4 nitrogen and oxygen atoms in total. The Labute approximate surface area is 196 Å². The Morgan fingerprint density at radius 3 is 2.28 bits per heavy atom. The maximum atomic E-state index is 13.0. The minimum Gasteiger partial charge on any atom is -0.463 e. The van der Waals surface area contributed by atoms with Crippen molar-refractivity contribution in [2.24, 2.45) is 5.92 Å². The first-order chi connectivity index (χ1) is 15.3. The number of ether oxygens (including phenoxy) is 2. The first-order valence-electron chi connectivity index (χ1n) is 11.5. The van der Waals surface area contributed by atoms with E-state index >= 15 is 0 Å². The number of esters is 2. The van der Waals surface area contributed by atoms with E-state index in [1.807, 2.05) is 44.2 Å². The summed E-state index contributed by atoms with van der Waals surface area (Å²) in [6, 6.07) is 11.9. The molecule has 0 radical (unpaired) electrons. The molecule has 2 aromatic carbocycles. The van der Waals surface area contributed by atoms with Crippen LogP contribution in [0.5, 0.6) is 0 Å². The molecule has 1 fully saturated rings. The van der Waals surface area contributed by atoms with Crippen molar-refractivity contribution in [2.45, 2.75) is 71.8 Å². The zero-order valence-electron chi connectivity index (χ0n) is 19.5. The molecule has 32 heavy (non-hydrogen) atoms. The normalized spacial score (nSPS) is 20.6. The van der Waals surface area contributed by atoms with Crippen LogP contribution in [0.3, 0.4) is 0 Å². The zero-order valence-corrected chi connectivity index (χ0v) is 20.3. The summed E-state index contributed by atoms with van der Waals surface area (Å²) >= 11 is 6.02. The van der Waals surface area contributed by atoms with Crippen LogP contribution in [-0.4, -0.2) is 24.1 Å². The van der Waals surface area contributed by atoms with E-state index in [9.17, 15) is 9.59 Å². The Hall–Kier alpha value is -2.33. The lowest BCUT2D eigenvalue weighted by Gasteiger charge is -2.37. The molecule has 0 aromatic heterocycles. The van der Waals surface area contributed by atoms with Crippen LogP contribution in [0, 0.1) is 19.8 Å². The quantitative estimate of drug-likeness (QED) is 0.440. The summed E-state index contributed by atoms with van der Waals surface area (Å²) in [6.45, 7) is 8.24. The van der Waals surface area contributed by atoms with Crippen molar-refractivity contribution in [1.29, 1.82) is 0 Å². The van der Waals surface area contributed by atoms with Crippen molar-refractivity contribution in [3.05, 3.63) is 58.1 Å². The molecule has 0 atom stereocenters. The minimum absolute atomic E-state index is 0.131. The lowest BCUT2D eigenvalue weighted by Crippen LogP contribution is -2.47. The molecule has 0 N–H and O–H groups in total. The monoisotopic (exact) mass is 456 g/mol. The highest BCUT2D eigenvalue weighted by Crippen LogP contribution is 2.38. The van der Waals surface area contributed by atoms with Crippen molar-refractivity contribution < 1.29 is 19.1 Å². The third kappa shape index (κ3) is 5.53. The average molecular weight is 457 g/mol. The fourth-order valence-corrected chi connectivity index (χ4v) is 4.70. The molecule has 1 aliphatic carbocycles. The summed E-state index contributed by atoms with van der Waals surface area (Å²) in [5.41, 5.74) is 4.04. The molecule has 172 valence electrons. The van der Waals surface area contributed by atoms with E-state index in [2.05, 4.69) is 13.0 Å². The van der Waals surface area contributed by atoms with Gasteiger partial charge in [0.2, 0.25) is 5.60 Å². The van der Waals surface area contributed by atoms with Gasteiger partial charge in [-0.2, -0.15) is 0 Å². The van der Waals surface area contributed by atoms with Crippen LogP contribution in [0.15, 0.2) is 36.4 Å². The van der Waals surface area contributed by atoms with Crippen molar-refractivity contribution in [2.75, 3.05) is 6.61 Å². The molecule has 0 amide bonds. The maximum Gasteiger partial charge on any atom is 0.350 e. The largest absolute Gasteiger partial charge is 0.463 e. The second kappa shape index (κ2) is 10.5. The Morgan fingerprint density at radius 2 is 1.69 bits per heavy atom. The number of carbonyl (C=O) groups excluding carboxylic acids is 2. The van der Waals surface area contributed by atoms with E-state index in [-0.39, 0.29) is 19.0 Å². The van der Waals surface area contributed by atoms with Crippen LogP contribution < -0.4 is 0 Å². The predicted molar refractivity (Wildman–Crippen MR) is 128 cm³/mol. The van der Waals surface area contributed by atoms with E-state index in [1.54, 1.807) is 6.92 Å². The second-order valence-corrected chi connectivity index (χ2v) is 9.25. The van der Waals surface area contributed by atoms with E-state index in [0.717, 1.165) is 47.1 Å². The van der Waals surface area contributed by atoms with Gasteiger partial charge in [-0.15, -0.1) is 0 Å². The van der Waals surface area contributed by atoms with E-state index in [4.69, 9.17) is 21.1 Å². The smallest absolute Gasteiger partial charge is 0.350 e. The molecule has 2 aromatic rings. The molecular formula is C27H33ClO4. The Morgan fingerprint density at radius 1 is 1.03 bits per heavy atom. The fourth-order valence-electron chi connectivity index (χ4n) is 4.58. The van der Waals surface area contributed by atoms with Gasteiger partial charge in [-0.1, -0.05) is 49.2 Å². The molecule has 0 aliphatic heterocycles. The topological polar surface area (TPSA) is 52.6 Å². The van der Waals surface area contributed by atoms with Crippen LogP contribution in [0.25, 0.3) is 11.1 Å². The molecule has 0 heterocycles. The van der Waals surface area contributed by atoms with E-state index in [1.165, 1.54) is 0 Å². The van der Waals surface area contributed by atoms with Gasteiger partial charge in [0.15, 0.2) is 0 Å². The third-order valence-corrected chi connectivity index (χ3v) is 6.87. The van der Waals surface area contributed by atoms with Crippen LogP contribution in [0.2, 0.25) is 5.02 Å². The number of benzene rings is 2. The SMILES string of the molecule is CCOC(=O)C1(OC(=O)Cc2cc(C)c(-c3ccc(Cl)cc3)cc2C)CCC(CC)CC1. The van der Waals surface area contributed by atoms with Crippen molar-refractivity contribution in [3.63, 3.8) is 0 Å². The van der Waals surface area contributed by atoms with Crippen LogP contribution in [0.1, 0.15) is 62.6 Å². The standard InChI is InChI=1S/C27H33ClO4/c1-5-20-11-13-27(14-12-20,26(30)31-6-2)32-25(29)17-22-15-19(4)24(16-18(22)3)21-7-9-23(28)10-8-21/h7-10,15-16,20H,5-6,11-14,17H2,1-4H3. The molecule has 1 aliphatic rings. The zero-order chi connectivity index (χ0) is 23.3. The molecular weight excluding hydrogens is 424 g/mol. The first-order valence-corrected chi connectivity index (χ1v) is 11.9. The van der Waals surface area contributed by atoms with Gasteiger partial charge in [0, 0.05) is 5.02 Å². The first kappa shape index (κ1) is 24.3. The number of halogens is 1. The fraction of sp³-hybridized carbons (Fsp3) is 0.481. The van der Waals surface area contributed by atoms with Crippen LogP contribution >= 0.6 is 11.6 Å². The lowest BCUT2D eigenvalue weighted by atomic mass is 9.77. The summed E-state index contributed by atoms with van der Waals surface area (Å²) in [7, 11) is 0. The third-order valence-electron chi connectivity index (χ3n) is 6.62. The molecule has 5 heteroatoms. The van der Waals surface area contributed by atoms with Gasteiger partial charge in [-0.25, -0.2) is 4.79 Å². The van der Waals surface area contributed by atoms with E-state index in [0.29, 0.717) is 23.8 Å². The Kier molecular flexibility index (Phi) is 8.00. The van der Waals surface area contributed by atoms with Gasteiger partial charge in [0.25, 0.3) is 0 Å². The Bertz CT molecular complexity index is 956. The molecule has 0 saturated heterocycles. The van der Waals surface area contributed by atoms with Crippen molar-refractivity contribution in [1.82, 2.24) is 0 Å². The summed E-state index contributed by atoms with van der Waals surface area (Å²) in [5, 5.41) is 0.700. The van der Waals surface area contributed by atoms with Gasteiger partial charge in [0.1, 0.15) is 0 Å². The summed E-state index contributed by atoms with van der Waals surface area (Å²) in [5.74, 6) is -0.217. The molecule has 0 unspecified atom stereocenters. The summed E-state index contributed by atoms with van der Waals surface area (Å²) in [4.78, 5) is 25.7. The van der Waals surface area contributed by atoms with Crippen molar-refractivity contribution in [3.8, 4) is 11.1 Å². The highest BCUT2D eigenvalue weighted by molar-refractivity contribution is 6.30. The summed E-state index contributed by atoms with van der Waals surface area (Å²) < 4.78 is 11.2. The number of carbonyl (C=O) groups is 2. The maximum absolute atomic E-state index is 13.0. The van der Waals surface area contributed by atoms with Crippen LogP contribution in [-0.2, 0) is 25.5 Å². The molecule has 3 rings (SSSR count). The molecule has 0 spiro atoms. The summed E-state index contributed by atoms with van der Waals surface area (Å²) in [6.07, 6.45) is 4.01. The van der Waals surface area contributed by atoms with Gasteiger partial charge in [0.05, 0.1) is 13.0 Å². The number of aryl methyl sites for hydroxylation is 2. The van der Waals surface area contributed by atoms with Gasteiger partial charge >= 0.3 is 11.9 Å². The number of hydrogen-bond acceptors (Lipinski definition) is 4. The van der Waals surface area contributed by atoms with Crippen molar-refractivity contribution >= 4 is 23.5 Å². The van der Waals surface area contributed by atoms with Gasteiger partial charge < -0.3 is 9.47 Å². The second-order valence-electron chi connectivity index (χ2n) is 8.82. The Balaban J connectivity index is 1.77. The highest BCUT2D eigenvalue weighted by Gasteiger charge is 2.46. The van der Waals surface area contributed by atoms with E-state index < -0.39 is 11.6 Å². The van der Waals surface area contributed by atoms with Gasteiger partial charge in [-0.3, -0.25) is 4.79 Å². The lowest BCUT2D eigenvalue weighted by molar-refractivity contribution is -0.187.